The van der Waals surface area contributed by atoms with Gasteiger partial charge in [-0.2, -0.15) is 4.79 Å². The topological polar surface area (TPSA) is 91.1 Å². The maximum Gasteiger partial charge on any atom is 0.647 e. The zero-order valence-electron chi connectivity index (χ0n) is 12.7. The van der Waals surface area contributed by atoms with Crippen molar-refractivity contribution >= 4 is 23.7 Å². The Morgan fingerprint density at radius 2 is 1.87 bits per heavy atom. The van der Waals surface area contributed by atoms with Crippen molar-refractivity contribution in [3.8, 4) is 0 Å². The van der Waals surface area contributed by atoms with Gasteiger partial charge in [-0.25, -0.2) is 14.4 Å². The first-order valence-electron chi connectivity index (χ1n) is 6.76. The fraction of sp³-hybridized carbons (Fsp3) is 0.333. The van der Waals surface area contributed by atoms with Crippen molar-refractivity contribution in [2.75, 3.05) is 14.2 Å². The molecule has 1 aromatic rings. The van der Waals surface area contributed by atoms with Crippen LogP contribution < -0.4 is 0 Å². The smallest absolute Gasteiger partial charge is 0.466 e. The summed E-state index contributed by atoms with van der Waals surface area (Å²) in [4.78, 5) is 40.5. The van der Waals surface area contributed by atoms with Gasteiger partial charge < -0.3 is 14.2 Å². The summed E-state index contributed by atoms with van der Waals surface area (Å²) in [6, 6.07) is 8.99. The normalized spacial score (nSPS) is 16.5. The minimum absolute atomic E-state index is 0.00310. The summed E-state index contributed by atoms with van der Waals surface area (Å²) < 4.78 is 14.8. The fourth-order valence-electron chi connectivity index (χ4n) is 1.96. The van der Waals surface area contributed by atoms with Gasteiger partial charge in [0.2, 0.25) is 0 Å². The lowest BCUT2D eigenvalue weighted by Crippen LogP contribution is -2.29. The molecule has 1 atom stereocenters. The molecule has 0 fully saturated rings. The van der Waals surface area contributed by atoms with Gasteiger partial charge in [0.15, 0.2) is 0 Å². The number of amides is 1. The van der Waals surface area contributed by atoms with E-state index in [-0.39, 0.29) is 18.7 Å². The van der Waals surface area contributed by atoms with Gasteiger partial charge in [0.05, 0.1) is 14.2 Å². The number of nitrogens with zero attached hydrogens (tertiary/aromatic N) is 1. The van der Waals surface area contributed by atoms with E-state index in [0.717, 1.165) is 12.7 Å². The van der Waals surface area contributed by atoms with Crippen LogP contribution in [0.2, 0.25) is 0 Å². The molecule has 1 aliphatic heterocycles. The Bertz CT molecular complexity index is 638. The van der Waals surface area contributed by atoms with Gasteiger partial charge in [-0.05, 0) is 5.56 Å². The number of carbonyl (C=O) groups excluding carboxylic acids is 3. The van der Waals surface area contributed by atoms with Crippen LogP contribution in [0.4, 0.5) is 4.79 Å². The average Bonchev–Trinajstić information content (AvgIpc) is 3.04. The van der Waals surface area contributed by atoms with Crippen molar-refractivity contribution in [1.29, 1.82) is 0 Å². The maximum absolute atomic E-state index is 12.1. The molecule has 8 heteroatoms. The number of esters is 2. The van der Waals surface area contributed by atoms with Gasteiger partial charge in [0, 0.05) is 0 Å². The van der Waals surface area contributed by atoms with E-state index in [9.17, 15) is 14.4 Å². The van der Waals surface area contributed by atoms with Crippen LogP contribution in [0.25, 0.3) is 0 Å². The number of hydroxylamine groups is 1. The molecule has 2 rings (SSSR count). The van der Waals surface area contributed by atoms with E-state index in [1.165, 1.54) is 7.11 Å². The van der Waals surface area contributed by atoms with Crippen molar-refractivity contribution in [2.24, 2.45) is 0 Å². The molecular weight excluding hydrogens is 306 g/mol. The van der Waals surface area contributed by atoms with Crippen LogP contribution in [-0.4, -0.2) is 48.8 Å². The highest BCUT2D eigenvalue weighted by Crippen LogP contribution is 2.15. The van der Waals surface area contributed by atoms with Crippen LogP contribution in [0, 0.1) is 0 Å². The van der Waals surface area contributed by atoms with Crippen LogP contribution in [0.3, 0.4) is 0 Å². The molecule has 0 radical (unpaired) electrons. The van der Waals surface area contributed by atoms with Gasteiger partial charge in [-0.1, -0.05) is 30.3 Å². The predicted octanol–water partition coefficient (Wildman–Crippen LogP) is 0.827. The van der Waals surface area contributed by atoms with Crippen molar-refractivity contribution in [1.82, 2.24) is 0 Å². The first kappa shape index (κ1) is 16.5. The first-order chi connectivity index (χ1) is 11.1. The van der Waals surface area contributed by atoms with Crippen LogP contribution in [0.15, 0.2) is 30.3 Å². The zero-order valence-corrected chi connectivity index (χ0v) is 12.7. The molecule has 0 bridgehead atoms. The Morgan fingerprint density at radius 1 is 1.17 bits per heavy atom. The SMILES string of the molecule is COC(=O)C1=[N+](C(=O)OCc2ccccc2)OC(C(=O)OC)C1. The number of benzene rings is 1. The Hall–Kier alpha value is -2.90. The van der Waals surface area contributed by atoms with Gasteiger partial charge >= 0.3 is 23.7 Å². The Kier molecular flexibility index (Phi) is 5.29. The second-order valence-electron chi connectivity index (χ2n) is 4.59. The lowest BCUT2D eigenvalue weighted by atomic mass is 10.2. The summed E-state index contributed by atoms with van der Waals surface area (Å²) in [6.07, 6.45) is -2.15. The largest absolute Gasteiger partial charge is 0.647 e. The van der Waals surface area contributed by atoms with E-state index < -0.39 is 24.1 Å². The number of rotatable bonds is 4. The van der Waals surface area contributed by atoms with Crippen LogP contribution in [0.5, 0.6) is 0 Å². The van der Waals surface area contributed by atoms with Gasteiger partial charge in [-0.15, -0.1) is 0 Å². The third-order valence-corrected chi connectivity index (χ3v) is 3.11. The van der Waals surface area contributed by atoms with E-state index in [1.54, 1.807) is 24.3 Å². The molecule has 1 amide bonds. The summed E-state index contributed by atoms with van der Waals surface area (Å²) in [5, 5.41) is 0. The molecule has 1 heterocycles. The Morgan fingerprint density at radius 3 is 2.48 bits per heavy atom. The average molecular weight is 322 g/mol. The molecule has 0 N–H and O–H groups in total. The molecule has 1 aromatic carbocycles. The predicted molar refractivity (Wildman–Crippen MR) is 75.4 cm³/mol. The van der Waals surface area contributed by atoms with E-state index in [2.05, 4.69) is 9.47 Å². The highest BCUT2D eigenvalue weighted by molar-refractivity contribution is 6.35. The van der Waals surface area contributed by atoms with Gasteiger partial charge in [0.25, 0.3) is 6.10 Å². The van der Waals surface area contributed by atoms with Gasteiger partial charge in [0.1, 0.15) is 17.8 Å². The van der Waals surface area contributed by atoms with E-state index in [4.69, 9.17) is 9.57 Å². The van der Waals surface area contributed by atoms with Crippen LogP contribution in [-0.2, 0) is 35.2 Å². The number of hydrogen-bond acceptors (Lipinski definition) is 7. The first-order valence-corrected chi connectivity index (χ1v) is 6.76. The third kappa shape index (κ3) is 3.85. The summed E-state index contributed by atoms with van der Waals surface area (Å²) in [5.74, 6) is -1.49. The second-order valence-corrected chi connectivity index (χ2v) is 4.59. The molecule has 0 spiro atoms. The van der Waals surface area contributed by atoms with Crippen molar-refractivity contribution in [3.05, 3.63) is 35.9 Å². The molecule has 8 nitrogen and oxygen atoms in total. The molecule has 0 saturated heterocycles. The van der Waals surface area contributed by atoms with Crippen LogP contribution in [0.1, 0.15) is 12.0 Å². The number of ether oxygens (including phenoxy) is 3. The van der Waals surface area contributed by atoms with Gasteiger partial charge in [-0.3, -0.25) is 0 Å². The third-order valence-electron chi connectivity index (χ3n) is 3.11. The zero-order chi connectivity index (χ0) is 16.8. The minimum Gasteiger partial charge on any atom is -0.466 e. The minimum atomic E-state index is -1.10. The summed E-state index contributed by atoms with van der Waals surface area (Å²) >= 11 is 0. The monoisotopic (exact) mass is 322 g/mol. The Labute approximate surface area is 132 Å². The lowest BCUT2D eigenvalue weighted by Gasteiger charge is -2.03. The maximum atomic E-state index is 12.1. The molecule has 0 saturated carbocycles. The molecular formula is C15H16NO7+. The van der Waals surface area contributed by atoms with E-state index in [1.807, 2.05) is 6.07 Å². The number of methoxy groups -OCH3 is 2. The quantitative estimate of drug-likeness (QED) is 0.460. The molecule has 1 unspecified atom stereocenters. The van der Waals surface area contributed by atoms with Crippen molar-refractivity contribution < 1.29 is 38.2 Å². The van der Waals surface area contributed by atoms with Crippen molar-refractivity contribution in [3.63, 3.8) is 0 Å². The Balaban J connectivity index is 2.10. The van der Waals surface area contributed by atoms with E-state index >= 15 is 0 Å². The summed E-state index contributed by atoms with van der Waals surface area (Å²) in [7, 11) is 2.34. The highest BCUT2D eigenvalue weighted by atomic mass is 16.7. The van der Waals surface area contributed by atoms with Crippen molar-refractivity contribution in [2.45, 2.75) is 19.1 Å². The summed E-state index contributed by atoms with van der Waals surface area (Å²) in [6.45, 7) is -0.00310. The molecule has 0 aliphatic carbocycles. The molecule has 122 valence electrons. The standard InChI is InChI=1S/C15H16NO7/c1-20-13(17)11-8-12(14(18)21-2)23-16(11)15(19)22-9-10-6-4-3-5-7-10/h3-7,12H,8-9H2,1-2H3/q+1. The van der Waals surface area contributed by atoms with E-state index in [0.29, 0.717) is 4.74 Å². The molecule has 0 aromatic heterocycles. The van der Waals surface area contributed by atoms with Crippen LogP contribution >= 0.6 is 0 Å². The summed E-state index contributed by atoms with van der Waals surface area (Å²) in [5.41, 5.74) is 0.644. The number of carbonyl (C=O) groups is 3. The fourth-order valence-corrected chi connectivity index (χ4v) is 1.96. The molecule has 1 aliphatic rings. The molecule has 23 heavy (non-hydrogen) atoms. The highest BCUT2D eigenvalue weighted by Gasteiger charge is 2.49. The lowest BCUT2D eigenvalue weighted by molar-refractivity contribution is -0.719. The number of hydrogen-bond donors (Lipinski definition) is 0. The second kappa shape index (κ2) is 7.39.